The zero-order valence-electron chi connectivity index (χ0n) is 15.5. The minimum atomic E-state index is 0.339. The summed E-state index contributed by atoms with van der Waals surface area (Å²) in [4.78, 5) is 24.0. The van der Waals surface area contributed by atoms with Crippen molar-refractivity contribution >= 4 is 5.91 Å². The Bertz CT molecular complexity index is 621. The van der Waals surface area contributed by atoms with Crippen molar-refractivity contribution in [3.63, 3.8) is 0 Å². The van der Waals surface area contributed by atoms with E-state index < -0.39 is 0 Å². The van der Waals surface area contributed by atoms with Crippen molar-refractivity contribution in [1.82, 2.24) is 19.7 Å². The maximum atomic E-state index is 12.5. The van der Waals surface area contributed by atoms with Crippen LogP contribution in [0.3, 0.4) is 0 Å². The highest BCUT2D eigenvalue weighted by Crippen LogP contribution is 2.41. The molecule has 3 aliphatic rings. The van der Waals surface area contributed by atoms with Crippen molar-refractivity contribution in [2.75, 3.05) is 39.8 Å². The van der Waals surface area contributed by atoms with Crippen molar-refractivity contribution in [3.8, 4) is 0 Å². The number of hydrogen-bond acceptors (Lipinski definition) is 5. The molecular formula is C19H30N4O2. The first-order valence-electron chi connectivity index (χ1n) is 9.64. The molecule has 3 fully saturated rings. The van der Waals surface area contributed by atoms with Crippen LogP contribution in [0.5, 0.6) is 0 Å². The van der Waals surface area contributed by atoms with Gasteiger partial charge < -0.3 is 14.2 Å². The van der Waals surface area contributed by atoms with Crippen LogP contribution in [0.2, 0.25) is 0 Å². The molecule has 1 aromatic rings. The number of carbonyl (C=O) groups excluding carboxylic acids is 1. The summed E-state index contributed by atoms with van der Waals surface area (Å²) >= 11 is 0. The number of oxazole rings is 1. The Balaban J connectivity index is 1.35. The zero-order chi connectivity index (χ0) is 17.4. The van der Waals surface area contributed by atoms with Gasteiger partial charge in [-0.05, 0) is 57.8 Å². The largest absolute Gasteiger partial charge is 0.449 e. The predicted octanol–water partition coefficient (Wildman–Crippen LogP) is 1.89. The molecule has 1 atom stereocenters. The average molecular weight is 346 g/mol. The zero-order valence-corrected chi connectivity index (χ0v) is 15.5. The lowest BCUT2D eigenvalue weighted by atomic mass is 9.72. The van der Waals surface area contributed by atoms with E-state index in [0.29, 0.717) is 17.4 Å². The number of likely N-dealkylation sites (N-methyl/N-ethyl adjacent to an activating group) is 1. The highest BCUT2D eigenvalue weighted by Gasteiger charge is 2.43. The van der Waals surface area contributed by atoms with Gasteiger partial charge in [0.25, 0.3) is 0 Å². The van der Waals surface area contributed by atoms with Gasteiger partial charge in [-0.25, -0.2) is 4.98 Å². The third-order valence-electron chi connectivity index (χ3n) is 6.47. The molecule has 1 amide bonds. The van der Waals surface area contributed by atoms with Gasteiger partial charge in [-0.15, -0.1) is 0 Å². The Morgan fingerprint density at radius 1 is 1.28 bits per heavy atom. The van der Waals surface area contributed by atoms with Crippen molar-refractivity contribution in [1.29, 1.82) is 0 Å². The van der Waals surface area contributed by atoms with E-state index in [1.165, 1.54) is 12.8 Å². The molecule has 25 heavy (non-hydrogen) atoms. The number of carbonyl (C=O) groups is 1. The molecule has 6 nitrogen and oxygen atoms in total. The van der Waals surface area contributed by atoms with Gasteiger partial charge in [0.2, 0.25) is 5.91 Å². The maximum absolute atomic E-state index is 12.5. The summed E-state index contributed by atoms with van der Waals surface area (Å²) in [6.45, 7) is 8.09. The topological polar surface area (TPSA) is 52.8 Å². The van der Waals surface area contributed by atoms with Crippen LogP contribution in [-0.4, -0.2) is 71.4 Å². The summed E-state index contributed by atoms with van der Waals surface area (Å²) < 4.78 is 5.32. The molecule has 3 aliphatic heterocycles. The molecule has 0 bridgehead atoms. The fourth-order valence-corrected chi connectivity index (χ4v) is 4.85. The van der Waals surface area contributed by atoms with Crippen LogP contribution in [0.15, 0.2) is 10.7 Å². The summed E-state index contributed by atoms with van der Waals surface area (Å²) in [6.07, 6.45) is 7.10. The minimum absolute atomic E-state index is 0.339. The van der Waals surface area contributed by atoms with E-state index >= 15 is 0 Å². The summed E-state index contributed by atoms with van der Waals surface area (Å²) in [5.41, 5.74) is 1.37. The van der Waals surface area contributed by atoms with Crippen molar-refractivity contribution < 1.29 is 9.21 Å². The first-order chi connectivity index (χ1) is 12.0. The van der Waals surface area contributed by atoms with Gasteiger partial charge in [-0.1, -0.05) is 0 Å². The number of aromatic nitrogens is 1. The summed E-state index contributed by atoms with van der Waals surface area (Å²) in [6, 6.07) is 0.436. The van der Waals surface area contributed by atoms with Gasteiger partial charge in [0.15, 0.2) is 5.89 Å². The van der Waals surface area contributed by atoms with E-state index in [1.807, 2.05) is 6.92 Å². The quantitative estimate of drug-likeness (QED) is 0.837. The van der Waals surface area contributed by atoms with Crippen molar-refractivity contribution in [3.05, 3.63) is 17.8 Å². The minimum Gasteiger partial charge on any atom is -0.449 e. The Labute approximate surface area is 150 Å². The molecule has 138 valence electrons. The highest BCUT2D eigenvalue weighted by molar-refractivity contribution is 5.77. The molecule has 0 unspecified atom stereocenters. The van der Waals surface area contributed by atoms with Gasteiger partial charge in [0, 0.05) is 39.0 Å². The van der Waals surface area contributed by atoms with E-state index in [-0.39, 0.29) is 0 Å². The second-order valence-electron chi connectivity index (χ2n) is 8.36. The third kappa shape index (κ3) is 3.60. The van der Waals surface area contributed by atoms with Crippen molar-refractivity contribution in [2.45, 2.75) is 51.6 Å². The second kappa shape index (κ2) is 6.72. The molecule has 6 heteroatoms. The predicted molar refractivity (Wildman–Crippen MR) is 95.0 cm³/mol. The van der Waals surface area contributed by atoms with E-state index in [1.54, 1.807) is 6.26 Å². The molecule has 4 rings (SSSR count). The average Bonchev–Trinajstić information content (AvgIpc) is 3.21. The van der Waals surface area contributed by atoms with Gasteiger partial charge >= 0.3 is 0 Å². The number of hydrogen-bond donors (Lipinski definition) is 0. The van der Waals surface area contributed by atoms with Crippen LogP contribution < -0.4 is 0 Å². The molecule has 0 radical (unpaired) electrons. The normalized spacial score (nSPS) is 28.2. The highest BCUT2D eigenvalue weighted by atomic mass is 16.3. The lowest BCUT2D eigenvalue weighted by Crippen LogP contribution is -2.54. The maximum Gasteiger partial charge on any atom is 0.222 e. The molecule has 0 N–H and O–H groups in total. The number of piperidine rings is 2. The molecule has 3 saturated heterocycles. The Morgan fingerprint density at radius 2 is 2.08 bits per heavy atom. The van der Waals surface area contributed by atoms with Crippen LogP contribution in [-0.2, 0) is 11.3 Å². The lowest BCUT2D eigenvalue weighted by molar-refractivity contribution is -0.142. The van der Waals surface area contributed by atoms with Crippen LogP contribution in [0.25, 0.3) is 0 Å². The van der Waals surface area contributed by atoms with E-state index in [0.717, 1.165) is 70.1 Å². The Morgan fingerprint density at radius 3 is 2.72 bits per heavy atom. The number of rotatable bonds is 3. The van der Waals surface area contributed by atoms with Crippen LogP contribution >= 0.6 is 0 Å². The van der Waals surface area contributed by atoms with Crippen LogP contribution in [0.1, 0.15) is 43.7 Å². The number of likely N-dealkylation sites (tertiary alicyclic amines) is 3. The first-order valence-corrected chi connectivity index (χ1v) is 9.64. The van der Waals surface area contributed by atoms with Gasteiger partial charge in [-0.3, -0.25) is 9.69 Å². The summed E-state index contributed by atoms with van der Waals surface area (Å²) in [5, 5.41) is 0. The van der Waals surface area contributed by atoms with Gasteiger partial charge in [0.05, 0.1) is 5.69 Å². The van der Waals surface area contributed by atoms with E-state index in [9.17, 15) is 4.79 Å². The van der Waals surface area contributed by atoms with E-state index in [4.69, 9.17) is 4.42 Å². The van der Waals surface area contributed by atoms with Crippen LogP contribution in [0, 0.1) is 12.3 Å². The molecule has 4 heterocycles. The first kappa shape index (κ1) is 17.0. The molecule has 1 spiro atoms. The fourth-order valence-electron chi connectivity index (χ4n) is 4.85. The van der Waals surface area contributed by atoms with E-state index in [2.05, 4.69) is 26.7 Å². The molecule has 1 aromatic heterocycles. The molecule has 0 aliphatic carbocycles. The van der Waals surface area contributed by atoms with Gasteiger partial charge in [-0.2, -0.15) is 0 Å². The third-order valence-corrected chi connectivity index (χ3v) is 6.47. The SMILES string of the molecule is Cc1nc(CN2CCC3(CCC(=O)N([C@H]4CCN(C)C4)C3)CC2)co1. The fraction of sp³-hybridized carbons (Fsp3) is 0.789. The molecular weight excluding hydrogens is 316 g/mol. The standard InChI is InChI=1S/C19H30N4O2/c1-15-20-16(13-25-15)11-22-9-6-19(7-10-22)5-3-18(24)23(14-19)17-4-8-21(2)12-17/h13,17H,3-12,14H2,1-2H3/t17-/m0/s1. The number of aryl methyl sites for hydroxylation is 1. The number of amides is 1. The van der Waals surface area contributed by atoms with Crippen LogP contribution in [0.4, 0.5) is 0 Å². The Kier molecular flexibility index (Phi) is 4.58. The van der Waals surface area contributed by atoms with Crippen molar-refractivity contribution in [2.24, 2.45) is 5.41 Å². The number of nitrogens with zero attached hydrogens (tertiary/aromatic N) is 4. The summed E-state index contributed by atoms with van der Waals surface area (Å²) in [5.74, 6) is 1.12. The monoisotopic (exact) mass is 346 g/mol. The lowest BCUT2D eigenvalue weighted by Gasteiger charge is -2.49. The smallest absolute Gasteiger partial charge is 0.222 e. The second-order valence-corrected chi connectivity index (χ2v) is 8.36. The summed E-state index contributed by atoms with van der Waals surface area (Å²) in [7, 11) is 2.16. The molecule has 0 aromatic carbocycles. The van der Waals surface area contributed by atoms with Gasteiger partial charge in [0.1, 0.15) is 6.26 Å². The Hall–Kier alpha value is -1.40. The molecule has 0 saturated carbocycles.